The first-order chi connectivity index (χ1) is 6.64. The molecule has 0 amide bonds. The molecule has 1 unspecified atom stereocenters. The van der Waals surface area contributed by atoms with E-state index in [-0.39, 0.29) is 0 Å². The number of rotatable bonds is 3. The van der Waals surface area contributed by atoms with Crippen molar-refractivity contribution in [3.63, 3.8) is 0 Å². The zero-order valence-corrected chi connectivity index (χ0v) is 8.84. The minimum absolute atomic E-state index is 0.518. The molecule has 1 atom stereocenters. The molecule has 0 spiro atoms. The van der Waals surface area contributed by atoms with Crippen molar-refractivity contribution in [3.05, 3.63) is 0 Å². The number of carboxylic acids is 1. The third-order valence-corrected chi connectivity index (χ3v) is 3.04. The highest BCUT2D eigenvalue weighted by Crippen LogP contribution is 2.33. The number of carboxylic acid groups (broad SMARTS) is 1. The normalized spacial score (nSPS) is 27.0. The van der Waals surface area contributed by atoms with Crippen LogP contribution in [0.3, 0.4) is 0 Å². The van der Waals surface area contributed by atoms with Crippen LogP contribution in [0.4, 0.5) is 0 Å². The van der Waals surface area contributed by atoms with Gasteiger partial charge in [-0.15, -0.1) is 5.92 Å². The Morgan fingerprint density at radius 2 is 2.36 bits per heavy atom. The molecule has 1 heterocycles. The molecule has 1 saturated heterocycles. The van der Waals surface area contributed by atoms with Gasteiger partial charge in [0.25, 0.3) is 0 Å². The number of hydrogen-bond donors (Lipinski definition) is 1. The summed E-state index contributed by atoms with van der Waals surface area (Å²) in [5.74, 6) is 5.14. The molecular weight excluding hydrogens is 178 g/mol. The summed E-state index contributed by atoms with van der Waals surface area (Å²) in [5.41, 5.74) is -0.518. The Bertz CT molecular complexity index is 277. The lowest BCUT2D eigenvalue weighted by Gasteiger charge is -2.22. The maximum Gasteiger partial charge on any atom is 0.310 e. The third-order valence-electron chi connectivity index (χ3n) is 3.04. The van der Waals surface area contributed by atoms with Gasteiger partial charge in [-0.2, -0.15) is 0 Å². The van der Waals surface area contributed by atoms with Crippen molar-refractivity contribution in [3.8, 4) is 11.8 Å². The molecule has 0 saturated carbocycles. The molecule has 1 aliphatic heterocycles. The fraction of sp³-hybridized carbons (Fsp3) is 0.727. The van der Waals surface area contributed by atoms with Crippen molar-refractivity contribution in [1.29, 1.82) is 0 Å². The molecule has 3 heteroatoms. The second kappa shape index (κ2) is 4.47. The van der Waals surface area contributed by atoms with Gasteiger partial charge in [0.15, 0.2) is 0 Å². The zero-order valence-electron chi connectivity index (χ0n) is 8.84. The van der Waals surface area contributed by atoms with Gasteiger partial charge in [-0.1, -0.05) is 12.8 Å². The molecule has 0 aromatic heterocycles. The van der Waals surface area contributed by atoms with E-state index in [4.69, 9.17) is 5.11 Å². The summed E-state index contributed by atoms with van der Waals surface area (Å²) < 4.78 is 0. The predicted molar refractivity (Wildman–Crippen MR) is 54.9 cm³/mol. The number of nitrogens with zero attached hydrogens (tertiary/aromatic N) is 1. The standard InChI is InChI=1S/C11H17NO2/c1-3-5-7-12-8-6-11(4-2,9-12)10(13)14/h4,6-9H2,1-2H3,(H,13,14). The van der Waals surface area contributed by atoms with Crippen LogP contribution in [0.15, 0.2) is 0 Å². The van der Waals surface area contributed by atoms with Crippen LogP contribution in [0.1, 0.15) is 26.7 Å². The molecule has 14 heavy (non-hydrogen) atoms. The van der Waals surface area contributed by atoms with Crippen LogP contribution in [-0.4, -0.2) is 35.6 Å². The van der Waals surface area contributed by atoms with Gasteiger partial charge in [-0.05, 0) is 19.8 Å². The first kappa shape index (κ1) is 11.1. The Morgan fingerprint density at radius 3 is 2.79 bits per heavy atom. The highest BCUT2D eigenvalue weighted by Gasteiger charge is 2.42. The Hall–Kier alpha value is -1.01. The monoisotopic (exact) mass is 195 g/mol. The van der Waals surface area contributed by atoms with Crippen LogP contribution in [0, 0.1) is 17.3 Å². The van der Waals surface area contributed by atoms with Crippen molar-refractivity contribution in [2.45, 2.75) is 26.7 Å². The molecule has 0 aliphatic carbocycles. The average molecular weight is 195 g/mol. The Balaban J connectivity index is 2.60. The molecule has 0 bridgehead atoms. The smallest absolute Gasteiger partial charge is 0.310 e. The van der Waals surface area contributed by atoms with Crippen molar-refractivity contribution in [2.75, 3.05) is 19.6 Å². The topological polar surface area (TPSA) is 40.5 Å². The van der Waals surface area contributed by atoms with Gasteiger partial charge in [0.2, 0.25) is 0 Å². The predicted octanol–water partition coefficient (Wildman–Crippen LogP) is 1.20. The highest BCUT2D eigenvalue weighted by atomic mass is 16.4. The summed E-state index contributed by atoms with van der Waals surface area (Å²) in [7, 11) is 0. The van der Waals surface area contributed by atoms with Crippen LogP contribution in [0.25, 0.3) is 0 Å². The first-order valence-corrected chi connectivity index (χ1v) is 5.00. The van der Waals surface area contributed by atoms with E-state index in [0.29, 0.717) is 19.5 Å². The quantitative estimate of drug-likeness (QED) is 0.688. The van der Waals surface area contributed by atoms with Crippen LogP contribution >= 0.6 is 0 Å². The molecule has 0 radical (unpaired) electrons. The Kier molecular flexibility index (Phi) is 3.54. The number of hydrogen-bond acceptors (Lipinski definition) is 2. The minimum Gasteiger partial charge on any atom is -0.481 e. The summed E-state index contributed by atoms with van der Waals surface area (Å²) in [6.45, 7) is 5.96. The van der Waals surface area contributed by atoms with E-state index in [9.17, 15) is 4.79 Å². The Labute approximate surface area is 85.1 Å². The molecule has 0 aromatic carbocycles. The third kappa shape index (κ3) is 2.08. The second-order valence-electron chi connectivity index (χ2n) is 3.83. The van der Waals surface area contributed by atoms with Crippen molar-refractivity contribution >= 4 is 5.97 Å². The maximum absolute atomic E-state index is 11.1. The molecular formula is C11H17NO2. The van der Waals surface area contributed by atoms with Crippen molar-refractivity contribution in [2.24, 2.45) is 5.41 Å². The van der Waals surface area contributed by atoms with Gasteiger partial charge in [0.05, 0.1) is 12.0 Å². The molecule has 0 aromatic rings. The average Bonchev–Trinajstić information content (AvgIpc) is 2.59. The van der Waals surface area contributed by atoms with Gasteiger partial charge in [0.1, 0.15) is 0 Å². The lowest BCUT2D eigenvalue weighted by atomic mass is 9.84. The summed E-state index contributed by atoms with van der Waals surface area (Å²) in [4.78, 5) is 13.2. The summed E-state index contributed by atoms with van der Waals surface area (Å²) >= 11 is 0. The van der Waals surface area contributed by atoms with E-state index in [1.165, 1.54) is 0 Å². The number of aliphatic carboxylic acids is 1. The van der Waals surface area contributed by atoms with Crippen molar-refractivity contribution in [1.82, 2.24) is 4.90 Å². The van der Waals surface area contributed by atoms with Crippen LogP contribution < -0.4 is 0 Å². The maximum atomic E-state index is 11.1. The Morgan fingerprint density at radius 1 is 1.64 bits per heavy atom. The van der Waals surface area contributed by atoms with Crippen LogP contribution in [-0.2, 0) is 4.79 Å². The lowest BCUT2D eigenvalue weighted by Crippen LogP contribution is -2.34. The van der Waals surface area contributed by atoms with Gasteiger partial charge in [-0.3, -0.25) is 9.69 Å². The lowest BCUT2D eigenvalue weighted by molar-refractivity contribution is -0.148. The highest BCUT2D eigenvalue weighted by molar-refractivity contribution is 5.75. The van der Waals surface area contributed by atoms with E-state index in [1.54, 1.807) is 6.92 Å². The molecule has 1 fully saturated rings. The van der Waals surface area contributed by atoms with E-state index in [1.807, 2.05) is 6.92 Å². The van der Waals surface area contributed by atoms with Gasteiger partial charge in [-0.25, -0.2) is 0 Å². The van der Waals surface area contributed by atoms with Gasteiger partial charge < -0.3 is 5.11 Å². The molecule has 78 valence electrons. The summed E-state index contributed by atoms with van der Waals surface area (Å²) in [5, 5.41) is 9.14. The minimum atomic E-state index is -0.660. The van der Waals surface area contributed by atoms with Crippen LogP contribution in [0.5, 0.6) is 0 Å². The fourth-order valence-corrected chi connectivity index (χ4v) is 1.90. The van der Waals surface area contributed by atoms with Crippen LogP contribution in [0.2, 0.25) is 0 Å². The van der Waals surface area contributed by atoms with E-state index in [0.717, 1.165) is 13.0 Å². The number of carbonyl (C=O) groups is 1. The molecule has 1 N–H and O–H groups in total. The first-order valence-electron chi connectivity index (χ1n) is 5.00. The molecule has 1 aliphatic rings. The van der Waals surface area contributed by atoms with E-state index < -0.39 is 11.4 Å². The van der Waals surface area contributed by atoms with Gasteiger partial charge in [0, 0.05) is 13.1 Å². The molecule has 3 nitrogen and oxygen atoms in total. The van der Waals surface area contributed by atoms with E-state index >= 15 is 0 Å². The zero-order chi connectivity index (χ0) is 10.6. The summed E-state index contributed by atoms with van der Waals surface area (Å²) in [6, 6.07) is 0. The van der Waals surface area contributed by atoms with E-state index in [2.05, 4.69) is 16.7 Å². The second-order valence-corrected chi connectivity index (χ2v) is 3.83. The SMILES string of the molecule is CC#CCN1CCC(CC)(C(=O)O)C1. The number of likely N-dealkylation sites (tertiary alicyclic amines) is 1. The molecule has 1 rings (SSSR count). The summed E-state index contributed by atoms with van der Waals surface area (Å²) in [6.07, 6.45) is 1.46. The largest absolute Gasteiger partial charge is 0.481 e. The fourth-order valence-electron chi connectivity index (χ4n) is 1.90. The van der Waals surface area contributed by atoms with Crippen molar-refractivity contribution < 1.29 is 9.90 Å². The van der Waals surface area contributed by atoms with Gasteiger partial charge >= 0.3 is 5.97 Å².